The molecule has 0 radical (unpaired) electrons. The number of carbonyl (C=O) groups is 1. The van der Waals surface area contributed by atoms with Crippen LogP contribution in [0.15, 0.2) is 30.3 Å². The number of hydrogen-bond acceptors (Lipinski definition) is 3. The average molecular weight is 250 g/mol. The number of benzene rings is 1. The van der Waals surface area contributed by atoms with Gasteiger partial charge in [0.1, 0.15) is 0 Å². The maximum atomic E-state index is 11.4. The number of ether oxygens (including phenoxy) is 1. The Hall–Kier alpha value is -1.39. The van der Waals surface area contributed by atoms with Gasteiger partial charge in [-0.3, -0.25) is 4.79 Å². The molecular formula is C14H22N2O2. The first-order valence-corrected chi connectivity index (χ1v) is 6.19. The topological polar surface area (TPSA) is 64.4 Å². The van der Waals surface area contributed by atoms with Gasteiger partial charge in [0, 0.05) is 13.2 Å². The van der Waals surface area contributed by atoms with E-state index >= 15 is 0 Å². The first-order valence-electron chi connectivity index (χ1n) is 6.19. The molecular weight excluding hydrogens is 228 g/mol. The molecule has 0 aliphatic carbocycles. The summed E-state index contributed by atoms with van der Waals surface area (Å²) in [5.41, 5.74) is 6.00. The Balaban J connectivity index is 2.05. The van der Waals surface area contributed by atoms with Crippen LogP contribution in [0.2, 0.25) is 0 Å². The van der Waals surface area contributed by atoms with E-state index in [2.05, 4.69) is 5.32 Å². The number of amides is 1. The normalized spacial score (nSPS) is 11.3. The second-order valence-electron chi connectivity index (χ2n) is 4.87. The summed E-state index contributed by atoms with van der Waals surface area (Å²) in [6, 6.07) is 10.0. The van der Waals surface area contributed by atoms with Crippen LogP contribution >= 0.6 is 0 Å². The summed E-state index contributed by atoms with van der Waals surface area (Å²) >= 11 is 0. The number of hydrogen-bond donors (Lipinski definition) is 2. The molecule has 100 valence electrons. The van der Waals surface area contributed by atoms with Crippen molar-refractivity contribution in [2.45, 2.75) is 32.4 Å². The summed E-state index contributed by atoms with van der Waals surface area (Å²) < 4.78 is 5.50. The lowest BCUT2D eigenvalue weighted by Crippen LogP contribution is -2.49. The number of rotatable bonds is 7. The SMILES string of the molecule is CC(C)(N)C(=O)NCCCOCc1ccccc1. The third kappa shape index (κ3) is 5.80. The Labute approximate surface area is 109 Å². The lowest BCUT2D eigenvalue weighted by Gasteiger charge is -2.17. The molecule has 4 heteroatoms. The smallest absolute Gasteiger partial charge is 0.239 e. The van der Waals surface area contributed by atoms with Gasteiger partial charge in [0.2, 0.25) is 5.91 Å². The molecule has 0 atom stereocenters. The highest BCUT2D eigenvalue weighted by atomic mass is 16.5. The fraction of sp³-hybridized carbons (Fsp3) is 0.500. The quantitative estimate of drug-likeness (QED) is 0.720. The highest BCUT2D eigenvalue weighted by Gasteiger charge is 2.20. The third-order valence-electron chi connectivity index (χ3n) is 2.45. The van der Waals surface area contributed by atoms with Gasteiger partial charge in [-0.1, -0.05) is 30.3 Å². The first kappa shape index (κ1) is 14.7. The number of carbonyl (C=O) groups excluding carboxylic acids is 1. The second kappa shape index (κ2) is 7.13. The van der Waals surface area contributed by atoms with Gasteiger partial charge in [-0.05, 0) is 25.8 Å². The van der Waals surface area contributed by atoms with Crippen molar-refractivity contribution in [3.8, 4) is 0 Å². The molecule has 0 spiro atoms. The molecule has 3 N–H and O–H groups in total. The predicted octanol–water partition coefficient (Wildman–Crippen LogP) is 1.45. The molecule has 0 heterocycles. The Morgan fingerprint density at radius 2 is 2.00 bits per heavy atom. The van der Waals surface area contributed by atoms with Crippen LogP contribution in [0.4, 0.5) is 0 Å². The molecule has 1 aromatic carbocycles. The molecule has 0 unspecified atom stereocenters. The second-order valence-corrected chi connectivity index (χ2v) is 4.87. The summed E-state index contributed by atoms with van der Waals surface area (Å²) in [6.45, 7) is 5.20. The van der Waals surface area contributed by atoms with Crippen LogP contribution in [0.1, 0.15) is 25.8 Å². The fourth-order valence-electron chi connectivity index (χ4n) is 1.37. The van der Waals surface area contributed by atoms with E-state index in [0.717, 1.165) is 12.0 Å². The maximum Gasteiger partial charge on any atom is 0.239 e. The third-order valence-corrected chi connectivity index (χ3v) is 2.45. The van der Waals surface area contributed by atoms with Crippen molar-refractivity contribution in [2.24, 2.45) is 5.73 Å². The summed E-state index contributed by atoms with van der Waals surface area (Å²) in [5.74, 6) is -0.134. The van der Waals surface area contributed by atoms with Gasteiger partial charge in [0.25, 0.3) is 0 Å². The van der Waals surface area contributed by atoms with E-state index in [9.17, 15) is 4.79 Å². The van der Waals surface area contributed by atoms with Crippen LogP contribution in [-0.2, 0) is 16.1 Å². The van der Waals surface area contributed by atoms with Crippen LogP contribution in [0.25, 0.3) is 0 Å². The van der Waals surface area contributed by atoms with Crippen molar-refractivity contribution < 1.29 is 9.53 Å². The lowest BCUT2D eigenvalue weighted by molar-refractivity contribution is -0.125. The van der Waals surface area contributed by atoms with Crippen LogP contribution in [-0.4, -0.2) is 24.6 Å². The summed E-state index contributed by atoms with van der Waals surface area (Å²) in [6.07, 6.45) is 0.786. The standard InChI is InChI=1S/C14H22N2O2/c1-14(2,15)13(17)16-9-6-10-18-11-12-7-4-3-5-8-12/h3-5,7-8H,6,9-11,15H2,1-2H3,(H,16,17). The Morgan fingerprint density at radius 3 is 2.61 bits per heavy atom. The highest BCUT2D eigenvalue weighted by Crippen LogP contribution is 2.00. The fourth-order valence-corrected chi connectivity index (χ4v) is 1.37. The van der Waals surface area contributed by atoms with Crippen molar-refractivity contribution in [3.05, 3.63) is 35.9 Å². The van der Waals surface area contributed by atoms with Gasteiger partial charge < -0.3 is 15.8 Å². The van der Waals surface area contributed by atoms with Crippen LogP contribution < -0.4 is 11.1 Å². The molecule has 0 saturated heterocycles. The average Bonchev–Trinajstić information content (AvgIpc) is 2.33. The molecule has 18 heavy (non-hydrogen) atoms. The van der Waals surface area contributed by atoms with Gasteiger partial charge in [-0.25, -0.2) is 0 Å². The van der Waals surface area contributed by atoms with Crippen LogP contribution in [0, 0.1) is 0 Å². The van der Waals surface area contributed by atoms with Gasteiger partial charge in [0.15, 0.2) is 0 Å². The molecule has 1 amide bonds. The van der Waals surface area contributed by atoms with E-state index in [0.29, 0.717) is 19.8 Å². The van der Waals surface area contributed by atoms with Crippen molar-refractivity contribution in [3.63, 3.8) is 0 Å². The molecule has 0 bridgehead atoms. The van der Waals surface area contributed by atoms with Crippen molar-refractivity contribution in [1.29, 1.82) is 0 Å². The van der Waals surface area contributed by atoms with Gasteiger partial charge in [0.05, 0.1) is 12.1 Å². The van der Waals surface area contributed by atoms with Gasteiger partial charge in [-0.15, -0.1) is 0 Å². The van der Waals surface area contributed by atoms with E-state index in [4.69, 9.17) is 10.5 Å². The van der Waals surface area contributed by atoms with E-state index in [1.54, 1.807) is 13.8 Å². The first-order chi connectivity index (χ1) is 8.50. The van der Waals surface area contributed by atoms with Crippen molar-refractivity contribution in [2.75, 3.05) is 13.2 Å². The largest absolute Gasteiger partial charge is 0.377 e. The molecule has 0 fully saturated rings. The predicted molar refractivity (Wildman–Crippen MR) is 72.0 cm³/mol. The monoisotopic (exact) mass is 250 g/mol. The summed E-state index contributed by atoms with van der Waals surface area (Å²) in [5, 5.41) is 2.78. The van der Waals surface area contributed by atoms with E-state index in [1.807, 2.05) is 30.3 Å². The molecule has 0 aliphatic rings. The van der Waals surface area contributed by atoms with Crippen molar-refractivity contribution in [1.82, 2.24) is 5.32 Å². The Morgan fingerprint density at radius 1 is 1.33 bits per heavy atom. The minimum Gasteiger partial charge on any atom is -0.377 e. The molecule has 4 nitrogen and oxygen atoms in total. The lowest BCUT2D eigenvalue weighted by atomic mass is 10.1. The van der Waals surface area contributed by atoms with Crippen LogP contribution in [0.5, 0.6) is 0 Å². The zero-order chi connectivity index (χ0) is 13.4. The minimum atomic E-state index is -0.815. The zero-order valence-electron chi connectivity index (χ0n) is 11.1. The van der Waals surface area contributed by atoms with Crippen LogP contribution in [0.3, 0.4) is 0 Å². The Bertz CT molecular complexity index is 358. The highest BCUT2D eigenvalue weighted by molar-refractivity contribution is 5.84. The zero-order valence-corrected chi connectivity index (χ0v) is 11.1. The van der Waals surface area contributed by atoms with E-state index in [-0.39, 0.29) is 5.91 Å². The van der Waals surface area contributed by atoms with Crippen molar-refractivity contribution >= 4 is 5.91 Å². The van der Waals surface area contributed by atoms with Gasteiger partial charge in [-0.2, -0.15) is 0 Å². The number of nitrogens with one attached hydrogen (secondary N) is 1. The molecule has 0 aliphatic heterocycles. The maximum absolute atomic E-state index is 11.4. The van der Waals surface area contributed by atoms with E-state index in [1.165, 1.54) is 0 Å². The summed E-state index contributed by atoms with van der Waals surface area (Å²) in [7, 11) is 0. The number of nitrogens with two attached hydrogens (primary N) is 1. The Kier molecular flexibility index (Phi) is 5.82. The molecule has 0 saturated carbocycles. The minimum absolute atomic E-state index is 0.134. The molecule has 1 rings (SSSR count). The summed E-state index contributed by atoms with van der Waals surface area (Å²) in [4.78, 5) is 11.4. The van der Waals surface area contributed by atoms with Gasteiger partial charge >= 0.3 is 0 Å². The molecule has 1 aromatic rings. The van der Waals surface area contributed by atoms with E-state index < -0.39 is 5.54 Å². The molecule has 0 aromatic heterocycles.